The first kappa shape index (κ1) is 18.5. The SMILES string of the molecule is O=C(OCc1nc(-c2ccc(C(F)(F)F)cc2)no1)c1c(F)cccc1F. The van der Waals surface area contributed by atoms with Gasteiger partial charge in [0.05, 0.1) is 5.56 Å². The predicted molar refractivity (Wildman–Crippen MR) is 80.2 cm³/mol. The molecule has 0 atom stereocenters. The van der Waals surface area contributed by atoms with Crippen molar-refractivity contribution < 1.29 is 36.0 Å². The molecule has 0 amide bonds. The Morgan fingerprint density at radius 2 is 1.67 bits per heavy atom. The molecule has 0 radical (unpaired) electrons. The highest BCUT2D eigenvalue weighted by Gasteiger charge is 2.30. The molecule has 0 spiro atoms. The standard InChI is InChI=1S/C17H9F5N2O3/c18-11-2-1-3-12(19)14(11)16(25)26-8-13-23-15(24-27-13)9-4-6-10(7-5-9)17(20,21)22/h1-7H,8H2. The molecule has 5 nitrogen and oxygen atoms in total. The fraction of sp³-hybridized carbons (Fsp3) is 0.118. The van der Waals surface area contributed by atoms with E-state index in [0.717, 1.165) is 42.5 Å². The Labute approximate surface area is 148 Å². The summed E-state index contributed by atoms with van der Waals surface area (Å²) in [6, 6.07) is 6.90. The van der Waals surface area contributed by atoms with E-state index in [0.29, 0.717) is 0 Å². The number of hydrogen-bond donors (Lipinski definition) is 0. The molecular formula is C17H9F5N2O3. The first-order chi connectivity index (χ1) is 12.8. The van der Waals surface area contributed by atoms with Crippen molar-refractivity contribution in [3.8, 4) is 11.4 Å². The van der Waals surface area contributed by atoms with Gasteiger partial charge in [-0.25, -0.2) is 13.6 Å². The molecule has 2 aromatic carbocycles. The number of nitrogens with zero attached hydrogens (tertiary/aromatic N) is 2. The summed E-state index contributed by atoms with van der Waals surface area (Å²) in [5, 5.41) is 3.56. The minimum absolute atomic E-state index is 0.0353. The quantitative estimate of drug-likeness (QED) is 0.493. The summed E-state index contributed by atoms with van der Waals surface area (Å²) in [5.74, 6) is -3.67. The number of carbonyl (C=O) groups excluding carboxylic acids is 1. The summed E-state index contributed by atoms with van der Waals surface area (Å²) in [7, 11) is 0. The topological polar surface area (TPSA) is 65.2 Å². The lowest BCUT2D eigenvalue weighted by Gasteiger charge is -2.05. The fourth-order valence-electron chi connectivity index (χ4n) is 2.13. The van der Waals surface area contributed by atoms with Crippen LogP contribution >= 0.6 is 0 Å². The molecule has 3 rings (SSSR count). The van der Waals surface area contributed by atoms with Crippen LogP contribution < -0.4 is 0 Å². The predicted octanol–water partition coefficient (Wildman–Crippen LogP) is 4.39. The highest BCUT2D eigenvalue weighted by molar-refractivity contribution is 5.89. The van der Waals surface area contributed by atoms with E-state index >= 15 is 0 Å². The summed E-state index contributed by atoms with van der Waals surface area (Å²) in [5.41, 5.74) is -1.46. The lowest BCUT2D eigenvalue weighted by molar-refractivity contribution is -0.137. The molecule has 0 saturated heterocycles. The number of ether oxygens (including phenoxy) is 1. The molecule has 0 aliphatic heterocycles. The van der Waals surface area contributed by atoms with Crippen molar-refractivity contribution in [2.45, 2.75) is 12.8 Å². The van der Waals surface area contributed by atoms with E-state index in [-0.39, 0.29) is 17.3 Å². The van der Waals surface area contributed by atoms with Crippen LogP contribution in [0.25, 0.3) is 11.4 Å². The molecule has 27 heavy (non-hydrogen) atoms. The number of aromatic nitrogens is 2. The molecule has 0 N–H and O–H groups in total. The van der Waals surface area contributed by atoms with Crippen LogP contribution in [0.2, 0.25) is 0 Å². The second-order valence-corrected chi connectivity index (χ2v) is 5.26. The lowest BCUT2D eigenvalue weighted by Crippen LogP contribution is -2.10. The van der Waals surface area contributed by atoms with Crippen LogP contribution in [0.3, 0.4) is 0 Å². The van der Waals surface area contributed by atoms with Crippen LogP contribution in [0.4, 0.5) is 22.0 Å². The Morgan fingerprint density at radius 3 is 2.26 bits per heavy atom. The van der Waals surface area contributed by atoms with E-state index in [1.165, 1.54) is 0 Å². The van der Waals surface area contributed by atoms with Crippen LogP contribution in [-0.2, 0) is 17.5 Å². The van der Waals surface area contributed by atoms with Crippen LogP contribution in [0.1, 0.15) is 21.8 Å². The van der Waals surface area contributed by atoms with E-state index in [9.17, 15) is 26.7 Å². The van der Waals surface area contributed by atoms with Crippen LogP contribution in [0.5, 0.6) is 0 Å². The first-order valence-electron chi connectivity index (χ1n) is 7.37. The molecule has 0 aliphatic rings. The van der Waals surface area contributed by atoms with Crippen molar-refractivity contribution >= 4 is 5.97 Å². The lowest BCUT2D eigenvalue weighted by atomic mass is 10.1. The van der Waals surface area contributed by atoms with Crippen molar-refractivity contribution in [3.63, 3.8) is 0 Å². The van der Waals surface area contributed by atoms with E-state index in [4.69, 9.17) is 9.26 Å². The van der Waals surface area contributed by atoms with Gasteiger partial charge in [-0.15, -0.1) is 0 Å². The Balaban J connectivity index is 1.69. The van der Waals surface area contributed by atoms with Gasteiger partial charge in [-0.1, -0.05) is 23.4 Å². The van der Waals surface area contributed by atoms with Crippen LogP contribution in [-0.4, -0.2) is 16.1 Å². The molecule has 1 aromatic heterocycles. The van der Waals surface area contributed by atoms with Crippen molar-refractivity contribution in [1.29, 1.82) is 0 Å². The average molecular weight is 384 g/mol. The van der Waals surface area contributed by atoms with Gasteiger partial charge >= 0.3 is 12.1 Å². The number of benzene rings is 2. The maximum atomic E-state index is 13.5. The summed E-state index contributed by atoms with van der Waals surface area (Å²) >= 11 is 0. The minimum Gasteiger partial charge on any atom is -0.452 e. The second-order valence-electron chi connectivity index (χ2n) is 5.26. The third kappa shape index (κ3) is 4.10. The monoisotopic (exact) mass is 384 g/mol. The number of halogens is 5. The fourth-order valence-corrected chi connectivity index (χ4v) is 2.13. The maximum absolute atomic E-state index is 13.5. The smallest absolute Gasteiger partial charge is 0.416 e. The molecule has 1 heterocycles. The van der Waals surface area contributed by atoms with Crippen molar-refractivity contribution in [1.82, 2.24) is 10.1 Å². The molecule has 0 unspecified atom stereocenters. The molecule has 0 saturated carbocycles. The number of hydrogen-bond acceptors (Lipinski definition) is 5. The van der Waals surface area contributed by atoms with Gasteiger partial charge in [-0.2, -0.15) is 18.2 Å². The van der Waals surface area contributed by atoms with E-state index in [1.54, 1.807) is 0 Å². The van der Waals surface area contributed by atoms with Gasteiger partial charge in [-0.3, -0.25) is 0 Å². The Bertz CT molecular complexity index is 947. The Morgan fingerprint density at radius 1 is 1.04 bits per heavy atom. The first-order valence-corrected chi connectivity index (χ1v) is 7.37. The van der Waals surface area contributed by atoms with Crippen LogP contribution in [0, 0.1) is 11.6 Å². The van der Waals surface area contributed by atoms with Gasteiger partial charge in [0.2, 0.25) is 5.82 Å². The zero-order chi connectivity index (χ0) is 19.6. The number of alkyl halides is 3. The van der Waals surface area contributed by atoms with E-state index in [2.05, 4.69) is 10.1 Å². The van der Waals surface area contributed by atoms with Crippen molar-refractivity contribution in [2.75, 3.05) is 0 Å². The number of esters is 1. The number of rotatable bonds is 4. The highest BCUT2D eigenvalue weighted by Crippen LogP contribution is 2.30. The average Bonchev–Trinajstić information content (AvgIpc) is 3.08. The van der Waals surface area contributed by atoms with Crippen molar-refractivity contribution in [2.24, 2.45) is 0 Å². The van der Waals surface area contributed by atoms with Gasteiger partial charge in [-0.05, 0) is 24.3 Å². The molecular weight excluding hydrogens is 375 g/mol. The number of carbonyl (C=O) groups is 1. The largest absolute Gasteiger partial charge is 0.452 e. The Hall–Kier alpha value is -3.30. The van der Waals surface area contributed by atoms with Crippen molar-refractivity contribution in [3.05, 3.63) is 71.1 Å². The zero-order valence-electron chi connectivity index (χ0n) is 13.3. The van der Waals surface area contributed by atoms with E-state index < -0.39 is 41.5 Å². The molecule has 3 aromatic rings. The molecule has 10 heteroatoms. The van der Waals surface area contributed by atoms with Gasteiger partial charge in [0.1, 0.15) is 17.2 Å². The normalized spacial score (nSPS) is 11.4. The molecule has 0 bridgehead atoms. The molecule has 0 fully saturated rings. The summed E-state index contributed by atoms with van der Waals surface area (Å²) in [4.78, 5) is 15.6. The third-order valence-electron chi connectivity index (χ3n) is 3.43. The van der Waals surface area contributed by atoms with Crippen LogP contribution in [0.15, 0.2) is 47.0 Å². The summed E-state index contributed by atoms with van der Waals surface area (Å²) < 4.78 is 74.2. The van der Waals surface area contributed by atoms with Gasteiger partial charge in [0.15, 0.2) is 6.61 Å². The maximum Gasteiger partial charge on any atom is 0.416 e. The highest BCUT2D eigenvalue weighted by atomic mass is 19.4. The van der Waals surface area contributed by atoms with Gasteiger partial charge in [0.25, 0.3) is 5.89 Å². The molecule has 140 valence electrons. The second kappa shape index (κ2) is 7.14. The van der Waals surface area contributed by atoms with Gasteiger partial charge in [0, 0.05) is 5.56 Å². The Kier molecular flexibility index (Phi) is 4.89. The third-order valence-corrected chi connectivity index (χ3v) is 3.43. The van der Waals surface area contributed by atoms with Gasteiger partial charge < -0.3 is 9.26 Å². The minimum atomic E-state index is -4.48. The summed E-state index contributed by atoms with van der Waals surface area (Å²) in [6.07, 6.45) is -4.48. The zero-order valence-corrected chi connectivity index (χ0v) is 13.3. The van der Waals surface area contributed by atoms with E-state index in [1.807, 2.05) is 0 Å². The summed E-state index contributed by atoms with van der Waals surface area (Å²) in [6.45, 7) is -0.569. The molecule has 0 aliphatic carbocycles.